The molecule has 2 aliphatic heterocycles. The largest absolute Gasteiger partial charge is 0.358 e. The molecule has 184 valence electrons. The van der Waals surface area contributed by atoms with E-state index >= 15 is 0 Å². The monoisotopic (exact) mass is 500 g/mol. The van der Waals surface area contributed by atoms with Crippen molar-refractivity contribution in [1.82, 2.24) is 25.1 Å². The third-order valence-electron chi connectivity index (χ3n) is 6.96. The van der Waals surface area contributed by atoms with Gasteiger partial charge in [0.15, 0.2) is 0 Å². The van der Waals surface area contributed by atoms with E-state index in [4.69, 9.17) is 9.97 Å². The quantitative estimate of drug-likeness (QED) is 0.436. The molecule has 6 rings (SSSR count). The average Bonchev–Trinajstić information content (AvgIpc) is 3.31. The zero-order valence-corrected chi connectivity index (χ0v) is 21.1. The second-order valence-corrected chi connectivity index (χ2v) is 10.8. The standard InChI is InChI=1S/C27H28N6O2S/c1-16(2)24-26(34)30-23-15-33(27(35)21-13-17-7-3-6-10-20(17)36-21)12-11-32(23)14-22-28-19-9-5-4-8-18(19)25(29-22)31-24/h3-10,13,16,23-24H,11-12,14-15H2,1-2H3,(H,30,34)(H,28,29,31)/t23?,24-/m0/s1. The Labute approximate surface area is 213 Å². The van der Waals surface area contributed by atoms with Crippen LogP contribution in [-0.2, 0) is 11.3 Å². The summed E-state index contributed by atoms with van der Waals surface area (Å²) in [6, 6.07) is 17.4. The average molecular weight is 501 g/mol. The minimum Gasteiger partial charge on any atom is -0.358 e. The summed E-state index contributed by atoms with van der Waals surface area (Å²) in [5.74, 6) is 1.33. The molecule has 2 aromatic heterocycles. The van der Waals surface area contributed by atoms with E-state index in [-0.39, 0.29) is 23.9 Å². The SMILES string of the molecule is CC(C)[C@@H]1Nc2nc(nc3ccccc23)CN2CCN(C(=O)c3cc4ccccc4s3)CC2NC1=O. The van der Waals surface area contributed by atoms with Gasteiger partial charge in [-0.3, -0.25) is 14.5 Å². The van der Waals surface area contributed by atoms with Crippen molar-refractivity contribution in [3.05, 3.63) is 65.3 Å². The first kappa shape index (κ1) is 22.9. The van der Waals surface area contributed by atoms with Crippen molar-refractivity contribution >= 4 is 50.0 Å². The molecule has 0 aliphatic carbocycles. The second kappa shape index (κ2) is 9.15. The van der Waals surface area contributed by atoms with E-state index in [1.165, 1.54) is 11.3 Å². The number of benzene rings is 2. The molecule has 1 fully saturated rings. The number of piperazine rings is 1. The lowest BCUT2D eigenvalue weighted by Gasteiger charge is -2.42. The van der Waals surface area contributed by atoms with Gasteiger partial charge in [-0.2, -0.15) is 0 Å². The topological polar surface area (TPSA) is 90.5 Å². The van der Waals surface area contributed by atoms with Crippen molar-refractivity contribution in [2.45, 2.75) is 32.6 Å². The Morgan fingerprint density at radius 1 is 1.06 bits per heavy atom. The van der Waals surface area contributed by atoms with E-state index < -0.39 is 6.04 Å². The summed E-state index contributed by atoms with van der Waals surface area (Å²) in [6.45, 7) is 6.12. The normalized spacial score (nSPS) is 20.8. The highest BCUT2D eigenvalue weighted by atomic mass is 32.1. The van der Waals surface area contributed by atoms with Gasteiger partial charge in [0, 0.05) is 23.2 Å². The molecule has 2 atom stereocenters. The number of carbonyl (C=O) groups is 2. The van der Waals surface area contributed by atoms with Gasteiger partial charge in [-0.15, -0.1) is 11.3 Å². The number of thiophene rings is 1. The summed E-state index contributed by atoms with van der Waals surface area (Å²) in [4.78, 5) is 41.3. The lowest BCUT2D eigenvalue weighted by molar-refractivity contribution is -0.125. The van der Waals surface area contributed by atoms with E-state index in [1.54, 1.807) is 0 Å². The Bertz CT molecular complexity index is 1430. The van der Waals surface area contributed by atoms with Gasteiger partial charge in [0.05, 0.1) is 23.5 Å². The van der Waals surface area contributed by atoms with Crippen molar-refractivity contribution in [2.75, 3.05) is 25.0 Å². The summed E-state index contributed by atoms with van der Waals surface area (Å²) in [6.07, 6.45) is -0.329. The van der Waals surface area contributed by atoms with Crippen LogP contribution in [-0.4, -0.2) is 63.4 Å². The molecular formula is C27H28N6O2S. The Balaban J connectivity index is 1.32. The van der Waals surface area contributed by atoms with Gasteiger partial charge < -0.3 is 15.5 Å². The minimum absolute atomic E-state index is 0.00460. The Morgan fingerprint density at radius 2 is 1.86 bits per heavy atom. The molecule has 0 saturated carbocycles. The zero-order chi connectivity index (χ0) is 24.8. The van der Waals surface area contributed by atoms with E-state index in [0.717, 1.165) is 25.9 Å². The maximum atomic E-state index is 13.5. The smallest absolute Gasteiger partial charge is 0.264 e. The van der Waals surface area contributed by atoms with Crippen LogP contribution < -0.4 is 10.6 Å². The molecular weight excluding hydrogens is 472 g/mol. The summed E-state index contributed by atoms with van der Waals surface area (Å²) in [5, 5.41) is 8.58. The lowest BCUT2D eigenvalue weighted by atomic mass is 10.0. The second-order valence-electron chi connectivity index (χ2n) is 9.77. The molecule has 4 aromatic rings. The Kier molecular flexibility index (Phi) is 5.81. The van der Waals surface area contributed by atoms with E-state index in [1.807, 2.05) is 73.3 Å². The fraction of sp³-hybridized carbons (Fsp3) is 0.333. The van der Waals surface area contributed by atoms with Crippen molar-refractivity contribution < 1.29 is 9.59 Å². The number of nitrogens with zero attached hydrogens (tertiary/aromatic N) is 4. The van der Waals surface area contributed by atoms with Gasteiger partial charge in [-0.1, -0.05) is 44.2 Å². The molecule has 2 amide bonds. The number of amides is 2. The first-order chi connectivity index (χ1) is 17.5. The van der Waals surface area contributed by atoms with Crippen LogP contribution in [0.1, 0.15) is 29.3 Å². The van der Waals surface area contributed by atoms with Crippen molar-refractivity contribution in [3.63, 3.8) is 0 Å². The van der Waals surface area contributed by atoms with Gasteiger partial charge >= 0.3 is 0 Å². The van der Waals surface area contributed by atoms with Crippen LogP contribution in [0, 0.1) is 5.92 Å². The number of aromatic nitrogens is 2. The first-order valence-electron chi connectivity index (χ1n) is 12.3. The number of nitrogens with one attached hydrogen (secondary N) is 2. The summed E-state index contributed by atoms with van der Waals surface area (Å²) in [7, 11) is 0. The van der Waals surface area contributed by atoms with Crippen LogP contribution in [0.25, 0.3) is 21.0 Å². The maximum Gasteiger partial charge on any atom is 0.264 e. The number of fused-ring (bicyclic) bond motifs is 6. The van der Waals surface area contributed by atoms with Crippen LogP contribution in [0.3, 0.4) is 0 Å². The number of rotatable bonds is 2. The highest BCUT2D eigenvalue weighted by molar-refractivity contribution is 7.20. The van der Waals surface area contributed by atoms with Crippen molar-refractivity contribution in [1.29, 1.82) is 0 Å². The van der Waals surface area contributed by atoms with Gasteiger partial charge in [-0.25, -0.2) is 9.97 Å². The van der Waals surface area contributed by atoms with Crippen molar-refractivity contribution in [2.24, 2.45) is 5.92 Å². The molecule has 2 bridgehead atoms. The molecule has 2 aromatic carbocycles. The van der Waals surface area contributed by atoms with Crippen LogP contribution in [0.5, 0.6) is 0 Å². The molecule has 0 radical (unpaired) electrons. The highest BCUT2D eigenvalue weighted by Gasteiger charge is 2.35. The maximum absolute atomic E-state index is 13.5. The molecule has 2 aliphatic rings. The van der Waals surface area contributed by atoms with E-state index in [9.17, 15) is 9.59 Å². The van der Waals surface area contributed by atoms with Gasteiger partial charge in [0.25, 0.3) is 5.91 Å². The van der Waals surface area contributed by atoms with Crippen molar-refractivity contribution in [3.8, 4) is 0 Å². The fourth-order valence-corrected chi connectivity index (χ4v) is 6.03. The predicted octanol–water partition coefficient (Wildman–Crippen LogP) is 3.69. The molecule has 1 saturated heterocycles. The third kappa shape index (κ3) is 4.18. The number of para-hydroxylation sites is 1. The Morgan fingerprint density at radius 3 is 2.69 bits per heavy atom. The van der Waals surface area contributed by atoms with Gasteiger partial charge in [-0.05, 0) is 35.6 Å². The van der Waals surface area contributed by atoms with Gasteiger partial charge in [0.1, 0.15) is 23.8 Å². The molecule has 9 heteroatoms. The predicted molar refractivity (Wildman–Crippen MR) is 142 cm³/mol. The zero-order valence-electron chi connectivity index (χ0n) is 20.3. The molecule has 8 nitrogen and oxygen atoms in total. The van der Waals surface area contributed by atoms with Gasteiger partial charge in [0.2, 0.25) is 5.91 Å². The lowest BCUT2D eigenvalue weighted by Crippen LogP contribution is -2.63. The number of hydrogen-bond donors (Lipinski definition) is 2. The Hall–Kier alpha value is -3.56. The van der Waals surface area contributed by atoms with Crippen LogP contribution in [0.4, 0.5) is 5.82 Å². The van der Waals surface area contributed by atoms with Crippen LogP contribution in [0.2, 0.25) is 0 Å². The van der Waals surface area contributed by atoms with E-state index in [0.29, 0.717) is 37.8 Å². The first-order valence-corrected chi connectivity index (χ1v) is 13.1. The molecule has 1 unspecified atom stereocenters. The van der Waals surface area contributed by atoms with E-state index in [2.05, 4.69) is 15.5 Å². The summed E-state index contributed by atoms with van der Waals surface area (Å²) < 4.78 is 1.10. The number of hydrogen-bond acceptors (Lipinski definition) is 7. The third-order valence-corrected chi connectivity index (χ3v) is 8.06. The van der Waals surface area contributed by atoms with Crippen LogP contribution >= 0.6 is 11.3 Å². The number of carbonyl (C=O) groups excluding carboxylic acids is 2. The molecule has 36 heavy (non-hydrogen) atoms. The summed E-state index contributed by atoms with van der Waals surface area (Å²) >= 11 is 1.51. The fourth-order valence-electron chi connectivity index (χ4n) is 5.00. The summed E-state index contributed by atoms with van der Waals surface area (Å²) in [5.41, 5.74) is 0.851. The molecule has 4 heterocycles. The minimum atomic E-state index is -0.468. The molecule has 0 spiro atoms. The highest BCUT2D eigenvalue weighted by Crippen LogP contribution is 2.28. The van der Waals surface area contributed by atoms with Crippen LogP contribution in [0.15, 0.2) is 54.6 Å². The number of anilines is 1. The molecule has 2 N–H and O–H groups in total.